The van der Waals surface area contributed by atoms with E-state index in [9.17, 15) is 0 Å². The molecule has 2 atom stereocenters. The molecule has 0 spiro atoms. The predicted molar refractivity (Wildman–Crippen MR) is 82.2 cm³/mol. The second kappa shape index (κ2) is 6.59. The van der Waals surface area contributed by atoms with Crippen molar-refractivity contribution in [2.24, 2.45) is 11.7 Å². The molecule has 2 rings (SSSR count). The van der Waals surface area contributed by atoms with Crippen LogP contribution in [-0.2, 0) is 4.74 Å². The number of rotatable bonds is 5. The standard InChI is InChI=1S/C17H27NO2/c1-17(2)12-14(9-11-20-17)16(8-10-18)13-4-6-15(19-3)7-5-13/h4-7,14,16H,8-12,18H2,1-3H3/t14-,16+/m0/s1. The van der Waals surface area contributed by atoms with Crippen LogP contribution in [0.25, 0.3) is 0 Å². The molecule has 3 heteroatoms. The van der Waals surface area contributed by atoms with Crippen LogP contribution in [0.2, 0.25) is 0 Å². The largest absolute Gasteiger partial charge is 0.497 e. The molecule has 0 radical (unpaired) electrons. The molecule has 0 bridgehead atoms. The van der Waals surface area contributed by atoms with Crippen LogP contribution in [0.15, 0.2) is 24.3 Å². The summed E-state index contributed by atoms with van der Waals surface area (Å²) >= 11 is 0. The van der Waals surface area contributed by atoms with Crippen LogP contribution in [0, 0.1) is 5.92 Å². The number of ether oxygens (including phenoxy) is 2. The molecular weight excluding hydrogens is 250 g/mol. The Morgan fingerprint density at radius 1 is 1.35 bits per heavy atom. The van der Waals surface area contributed by atoms with Crippen LogP contribution in [0.5, 0.6) is 5.75 Å². The SMILES string of the molecule is COc1ccc([C@@H](CCN)[C@H]2CCOC(C)(C)C2)cc1. The highest BCUT2D eigenvalue weighted by Crippen LogP contribution is 2.40. The van der Waals surface area contributed by atoms with Gasteiger partial charge in [-0.25, -0.2) is 0 Å². The van der Waals surface area contributed by atoms with E-state index in [2.05, 4.69) is 26.0 Å². The molecule has 112 valence electrons. The molecule has 2 N–H and O–H groups in total. The van der Waals surface area contributed by atoms with E-state index in [4.69, 9.17) is 15.2 Å². The number of benzene rings is 1. The van der Waals surface area contributed by atoms with Gasteiger partial charge < -0.3 is 15.2 Å². The minimum absolute atomic E-state index is 0.0117. The summed E-state index contributed by atoms with van der Waals surface area (Å²) in [4.78, 5) is 0. The normalized spacial score (nSPS) is 23.3. The van der Waals surface area contributed by atoms with Crippen molar-refractivity contribution in [2.75, 3.05) is 20.3 Å². The van der Waals surface area contributed by atoms with Crippen molar-refractivity contribution in [3.63, 3.8) is 0 Å². The van der Waals surface area contributed by atoms with Crippen LogP contribution in [0.1, 0.15) is 44.6 Å². The van der Waals surface area contributed by atoms with Crippen LogP contribution >= 0.6 is 0 Å². The maximum absolute atomic E-state index is 5.84. The monoisotopic (exact) mass is 277 g/mol. The molecular formula is C17H27NO2. The molecule has 1 fully saturated rings. The highest BCUT2D eigenvalue weighted by Gasteiger charge is 2.33. The van der Waals surface area contributed by atoms with Crippen molar-refractivity contribution >= 4 is 0 Å². The van der Waals surface area contributed by atoms with Crippen molar-refractivity contribution in [1.82, 2.24) is 0 Å². The lowest BCUT2D eigenvalue weighted by atomic mass is 9.75. The van der Waals surface area contributed by atoms with Crippen LogP contribution in [-0.4, -0.2) is 25.9 Å². The van der Waals surface area contributed by atoms with Gasteiger partial charge in [-0.3, -0.25) is 0 Å². The van der Waals surface area contributed by atoms with E-state index in [1.165, 1.54) is 5.56 Å². The summed E-state index contributed by atoms with van der Waals surface area (Å²) in [5.74, 6) is 2.08. The smallest absolute Gasteiger partial charge is 0.118 e. The van der Waals surface area contributed by atoms with Crippen molar-refractivity contribution in [3.8, 4) is 5.75 Å². The van der Waals surface area contributed by atoms with E-state index in [1.807, 2.05) is 12.1 Å². The fourth-order valence-electron chi connectivity index (χ4n) is 3.33. The van der Waals surface area contributed by atoms with Crippen molar-refractivity contribution in [1.29, 1.82) is 0 Å². The first-order valence-electron chi connectivity index (χ1n) is 7.54. The van der Waals surface area contributed by atoms with Crippen molar-refractivity contribution in [2.45, 2.75) is 44.6 Å². The van der Waals surface area contributed by atoms with Gasteiger partial charge in [0.2, 0.25) is 0 Å². The maximum Gasteiger partial charge on any atom is 0.118 e. The van der Waals surface area contributed by atoms with Gasteiger partial charge in [0.1, 0.15) is 5.75 Å². The van der Waals surface area contributed by atoms with Gasteiger partial charge in [0.05, 0.1) is 12.7 Å². The predicted octanol–water partition coefficient (Wildman–Crippen LogP) is 3.33. The fourth-order valence-corrected chi connectivity index (χ4v) is 3.33. The van der Waals surface area contributed by atoms with Crippen LogP contribution < -0.4 is 10.5 Å². The molecule has 20 heavy (non-hydrogen) atoms. The quantitative estimate of drug-likeness (QED) is 0.898. The molecule has 1 aromatic carbocycles. The Morgan fingerprint density at radius 2 is 2.05 bits per heavy atom. The fraction of sp³-hybridized carbons (Fsp3) is 0.647. The van der Waals surface area contributed by atoms with Crippen molar-refractivity contribution in [3.05, 3.63) is 29.8 Å². The van der Waals surface area contributed by atoms with E-state index in [-0.39, 0.29) is 5.60 Å². The molecule has 0 saturated carbocycles. The number of hydrogen-bond donors (Lipinski definition) is 1. The first kappa shape index (κ1) is 15.3. The Morgan fingerprint density at radius 3 is 2.60 bits per heavy atom. The number of hydrogen-bond acceptors (Lipinski definition) is 3. The van der Waals surface area contributed by atoms with Gasteiger partial charge in [-0.1, -0.05) is 12.1 Å². The number of methoxy groups -OCH3 is 1. The van der Waals surface area contributed by atoms with E-state index >= 15 is 0 Å². The summed E-state index contributed by atoms with van der Waals surface area (Å²) in [7, 11) is 1.70. The zero-order chi connectivity index (χ0) is 14.6. The summed E-state index contributed by atoms with van der Waals surface area (Å²) in [5.41, 5.74) is 7.20. The third-order valence-corrected chi connectivity index (χ3v) is 4.33. The Balaban J connectivity index is 2.16. The maximum atomic E-state index is 5.84. The topological polar surface area (TPSA) is 44.5 Å². The van der Waals surface area contributed by atoms with Gasteiger partial charge in [-0.2, -0.15) is 0 Å². The summed E-state index contributed by atoms with van der Waals surface area (Å²) in [5, 5.41) is 0. The van der Waals surface area contributed by atoms with Gasteiger partial charge in [0, 0.05) is 6.61 Å². The second-order valence-corrected chi connectivity index (χ2v) is 6.32. The van der Waals surface area contributed by atoms with Gasteiger partial charge in [0.25, 0.3) is 0 Å². The van der Waals surface area contributed by atoms with E-state index < -0.39 is 0 Å². The third-order valence-electron chi connectivity index (χ3n) is 4.33. The summed E-state index contributed by atoms with van der Waals surface area (Å²) < 4.78 is 11.1. The highest BCUT2D eigenvalue weighted by molar-refractivity contribution is 5.30. The van der Waals surface area contributed by atoms with Crippen molar-refractivity contribution < 1.29 is 9.47 Å². The average Bonchev–Trinajstić information content (AvgIpc) is 2.44. The lowest BCUT2D eigenvalue weighted by Crippen LogP contribution is -2.36. The molecule has 1 aromatic rings. The van der Waals surface area contributed by atoms with Crippen LogP contribution in [0.3, 0.4) is 0 Å². The molecule has 1 heterocycles. The first-order valence-corrected chi connectivity index (χ1v) is 7.54. The van der Waals surface area contributed by atoms with E-state index in [1.54, 1.807) is 7.11 Å². The van der Waals surface area contributed by atoms with Gasteiger partial charge in [0.15, 0.2) is 0 Å². The molecule has 3 nitrogen and oxygen atoms in total. The highest BCUT2D eigenvalue weighted by atomic mass is 16.5. The summed E-state index contributed by atoms with van der Waals surface area (Å²) in [6.07, 6.45) is 3.26. The Labute approximate surface area is 122 Å². The number of nitrogens with two attached hydrogens (primary N) is 1. The third kappa shape index (κ3) is 3.74. The van der Waals surface area contributed by atoms with E-state index in [0.29, 0.717) is 11.8 Å². The van der Waals surface area contributed by atoms with E-state index in [0.717, 1.165) is 38.2 Å². The molecule has 1 aliphatic heterocycles. The average molecular weight is 277 g/mol. The minimum Gasteiger partial charge on any atom is -0.497 e. The molecule has 1 saturated heterocycles. The Bertz CT molecular complexity index is 414. The summed E-state index contributed by atoms with van der Waals surface area (Å²) in [6.45, 7) is 5.96. The zero-order valence-corrected chi connectivity index (χ0v) is 12.9. The molecule has 0 unspecified atom stereocenters. The Kier molecular flexibility index (Phi) is 5.06. The van der Waals surface area contributed by atoms with Crippen LogP contribution in [0.4, 0.5) is 0 Å². The lowest BCUT2D eigenvalue weighted by Gasteiger charge is -2.39. The molecule has 1 aliphatic rings. The zero-order valence-electron chi connectivity index (χ0n) is 12.9. The van der Waals surface area contributed by atoms with Gasteiger partial charge >= 0.3 is 0 Å². The molecule has 0 amide bonds. The first-order chi connectivity index (χ1) is 9.55. The summed E-state index contributed by atoms with van der Waals surface area (Å²) in [6, 6.07) is 8.45. The van der Waals surface area contributed by atoms with Gasteiger partial charge in [-0.05, 0) is 69.2 Å². The Hall–Kier alpha value is -1.06. The van der Waals surface area contributed by atoms with Gasteiger partial charge in [-0.15, -0.1) is 0 Å². The molecule has 0 aromatic heterocycles. The minimum atomic E-state index is -0.0117. The second-order valence-electron chi connectivity index (χ2n) is 6.32. The molecule has 0 aliphatic carbocycles. The lowest BCUT2D eigenvalue weighted by molar-refractivity contribution is -0.0771.